The van der Waals surface area contributed by atoms with E-state index < -0.39 is 0 Å². The van der Waals surface area contributed by atoms with E-state index in [0.717, 1.165) is 44.6 Å². The lowest BCUT2D eigenvalue weighted by Crippen LogP contribution is -2.34. The first-order chi connectivity index (χ1) is 10.2. The number of halogens is 2. The number of nitrogens with one attached hydrogen (secondary N) is 1. The van der Waals surface area contributed by atoms with Crippen molar-refractivity contribution in [2.75, 3.05) is 12.4 Å². The Bertz CT molecular complexity index is 564. The molecule has 3 aliphatic carbocycles. The maximum absolute atomic E-state index is 6.21. The third-order valence-corrected chi connectivity index (χ3v) is 6.79. The van der Waals surface area contributed by atoms with E-state index in [1.807, 2.05) is 12.1 Å². The summed E-state index contributed by atoms with van der Waals surface area (Å²) < 4.78 is 6.46. The molecule has 21 heavy (non-hydrogen) atoms. The molecular formula is C17H21BrClNO. The molecule has 3 aliphatic rings. The van der Waals surface area contributed by atoms with Crippen LogP contribution in [0.5, 0.6) is 5.75 Å². The van der Waals surface area contributed by atoms with Gasteiger partial charge < -0.3 is 10.1 Å². The Morgan fingerprint density at radius 1 is 1.19 bits per heavy atom. The van der Waals surface area contributed by atoms with Gasteiger partial charge in [-0.2, -0.15) is 0 Å². The van der Waals surface area contributed by atoms with E-state index >= 15 is 0 Å². The normalized spacial score (nSPS) is 36.8. The third-order valence-electron chi connectivity index (χ3n) is 5.98. The minimum Gasteiger partial charge on any atom is -0.493 e. The molecule has 5 unspecified atom stereocenters. The monoisotopic (exact) mass is 369 g/mol. The van der Waals surface area contributed by atoms with Crippen molar-refractivity contribution >= 4 is 33.2 Å². The molecule has 0 spiro atoms. The lowest BCUT2D eigenvalue weighted by molar-refractivity contribution is 0.243. The Labute approximate surface area is 139 Å². The number of rotatable bonds is 3. The minimum absolute atomic E-state index is 0.591. The van der Waals surface area contributed by atoms with Crippen LogP contribution in [-0.4, -0.2) is 13.2 Å². The van der Waals surface area contributed by atoms with Crippen molar-refractivity contribution in [2.24, 2.45) is 23.7 Å². The fraction of sp³-hybridized carbons (Fsp3) is 0.647. The first-order valence-electron chi connectivity index (χ1n) is 7.97. The number of fused-ring (bicyclic) bond motifs is 5. The van der Waals surface area contributed by atoms with Crippen LogP contribution in [0.1, 0.15) is 32.1 Å². The van der Waals surface area contributed by atoms with Gasteiger partial charge >= 0.3 is 0 Å². The van der Waals surface area contributed by atoms with Crippen molar-refractivity contribution in [3.8, 4) is 5.75 Å². The van der Waals surface area contributed by atoms with E-state index in [9.17, 15) is 0 Å². The summed E-state index contributed by atoms with van der Waals surface area (Å²) in [6, 6.07) is 4.47. The molecule has 0 aromatic heterocycles. The van der Waals surface area contributed by atoms with Crippen molar-refractivity contribution in [1.29, 1.82) is 0 Å². The van der Waals surface area contributed by atoms with Crippen molar-refractivity contribution in [1.82, 2.24) is 0 Å². The number of hydrogen-bond donors (Lipinski definition) is 1. The molecule has 114 valence electrons. The molecule has 2 bridgehead atoms. The van der Waals surface area contributed by atoms with Gasteiger partial charge in [0.1, 0.15) is 0 Å². The first kappa shape index (κ1) is 14.2. The average Bonchev–Trinajstić information content (AvgIpc) is 3.09. The molecule has 5 atom stereocenters. The second-order valence-corrected chi connectivity index (χ2v) is 8.16. The zero-order valence-corrected chi connectivity index (χ0v) is 14.6. The summed E-state index contributed by atoms with van der Waals surface area (Å²) in [6.07, 6.45) is 7.11. The van der Waals surface area contributed by atoms with E-state index in [1.165, 1.54) is 32.1 Å². The van der Waals surface area contributed by atoms with Crippen molar-refractivity contribution in [3.63, 3.8) is 0 Å². The SMILES string of the molecule is COc1c(Br)cc(Cl)cc1NC1CC2CC1C1CCCC21. The van der Waals surface area contributed by atoms with Crippen molar-refractivity contribution in [3.05, 3.63) is 21.6 Å². The van der Waals surface area contributed by atoms with Gasteiger partial charge in [0.2, 0.25) is 0 Å². The number of anilines is 1. The van der Waals surface area contributed by atoms with E-state index in [2.05, 4.69) is 21.2 Å². The molecule has 1 aromatic carbocycles. The molecule has 0 amide bonds. The van der Waals surface area contributed by atoms with Crippen LogP contribution in [0, 0.1) is 23.7 Å². The van der Waals surface area contributed by atoms with Crippen molar-refractivity contribution in [2.45, 2.75) is 38.1 Å². The first-order valence-corrected chi connectivity index (χ1v) is 9.14. The molecule has 1 N–H and O–H groups in total. The average molecular weight is 371 g/mol. The molecule has 2 nitrogen and oxygen atoms in total. The second-order valence-electron chi connectivity index (χ2n) is 6.87. The summed E-state index contributed by atoms with van der Waals surface area (Å²) in [5, 5.41) is 4.49. The third kappa shape index (κ3) is 2.28. The van der Waals surface area contributed by atoms with E-state index in [1.54, 1.807) is 7.11 Å². The molecule has 1 aromatic rings. The Morgan fingerprint density at radius 3 is 2.81 bits per heavy atom. The lowest BCUT2D eigenvalue weighted by Gasteiger charge is -2.33. The van der Waals surface area contributed by atoms with Gasteiger partial charge in [0.25, 0.3) is 0 Å². The standard InChI is InChI=1S/C17H21BrClNO/c1-21-17-14(18)7-10(19)8-16(17)20-15-6-9-5-13(15)12-4-2-3-11(9)12/h7-9,11-13,15,20H,2-6H2,1H3. The number of benzene rings is 1. The van der Waals surface area contributed by atoms with Crippen LogP contribution in [0.4, 0.5) is 5.69 Å². The number of ether oxygens (including phenoxy) is 1. The highest BCUT2D eigenvalue weighted by Crippen LogP contribution is 2.59. The van der Waals surface area contributed by atoms with Gasteiger partial charge in [-0.1, -0.05) is 18.0 Å². The predicted octanol–water partition coefficient (Wildman–Crippen LogP) is 5.35. The van der Waals surface area contributed by atoms with Gasteiger partial charge in [0, 0.05) is 11.1 Å². The molecular weight excluding hydrogens is 350 g/mol. The van der Waals surface area contributed by atoms with Crippen LogP contribution in [0.2, 0.25) is 5.02 Å². The molecule has 0 aliphatic heterocycles. The zero-order valence-electron chi connectivity index (χ0n) is 12.2. The van der Waals surface area contributed by atoms with Crippen molar-refractivity contribution < 1.29 is 4.74 Å². The van der Waals surface area contributed by atoms with Crippen LogP contribution in [0.15, 0.2) is 16.6 Å². The highest BCUT2D eigenvalue weighted by Gasteiger charge is 2.53. The lowest BCUT2D eigenvalue weighted by atomic mass is 9.79. The summed E-state index contributed by atoms with van der Waals surface area (Å²) in [4.78, 5) is 0. The van der Waals surface area contributed by atoms with Gasteiger partial charge in [-0.15, -0.1) is 0 Å². The summed E-state index contributed by atoms with van der Waals surface area (Å²) in [5.41, 5.74) is 1.03. The Hall–Kier alpha value is -0.410. The van der Waals surface area contributed by atoms with Gasteiger partial charge in [-0.25, -0.2) is 0 Å². The fourth-order valence-electron chi connectivity index (χ4n) is 5.31. The highest BCUT2D eigenvalue weighted by molar-refractivity contribution is 9.10. The van der Waals surface area contributed by atoms with E-state index in [4.69, 9.17) is 16.3 Å². The number of methoxy groups -OCH3 is 1. The molecule has 0 radical (unpaired) electrons. The highest BCUT2D eigenvalue weighted by atomic mass is 79.9. The minimum atomic E-state index is 0.591. The smallest absolute Gasteiger partial charge is 0.156 e. The quantitative estimate of drug-likeness (QED) is 0.774. The molecule has 4 rings (SSSR count). The predicted molar refractivity (Wildman–Crippen MR) is 90.2 cm³/mol. The van der Waals surface area contributed by atoms with E-state index in [0.29, 0.717) is 6.04 Å². The largest absolute Gasteiger partial charge is 0.493 e. The van der Waals surface area contributed by atoms with Crippen LogP contribution in [-0.2, 0) is 0 Å². The van der Waals surface area contributed by atoms with Crippen LogP contribution in [0.25, 0.3) is 0 Å². The molecule has 0 saturated heterocycles. The molecule has 0 heterocycles. The van der Waals surface area contributed by atoms with Gasteiger partial charge in [-0.3, -0.25) is 0 Å². The zero-order chi connectivity index (χ0) is 14.6. The van der Waals surface area contributed by atoms with E-state index in [-0.39, 0.29) is 0 Å². The summed E-state index contributed by atoms with van der Waals surface area (Å²) in [6.45, 7) is 0. The van der Waals surface area contributed by atoms with Crippen LogP contribution >= 0.6 is 27.5 Å². The van der Waals surface area contributed by atoms with Crippen LogP contribution in [0.3, 0.4) is 0 Å². The molecule has 3 saturated carbocycles. The van der Waals surface area contributed by atoms with Gasteiger partial charge in [0.15, 0.2) is 5.75 Å². The maximum Gasteiger partial charge on any atom is 0.156 e. The Balaban J connectivity index is 1.58. The molecule has 3 fully saturated rings. The molecule has 4 heteroatoms. The second kappa shape index (κ2) is 5.34. The summed E-state index contributed by atoms with van der Waals surface area (Å²) in [7, 11) is 1.72. The summed E-state index contributed by atoms with van der Waals surface area (Å²) in [5.74, 6) is 4.67. The Morgan fingerprint density at radius 2 is 2.00 bits per heavy atom. The maximum atomic E-state index is 6.21. The number of hydrogen-bond acceptors (Lipinski definition) is 2. The topological polar surface area (TPSA) is 21.3 Å². The Kier molecular flexibility index (Phi) is 3.61. The van der Waals surface area contributed by atoms with Gasteiger partial charge in [-0.05, 0) is 77.4 Å². The summed E-state index contributed by atoms with van der Waals surface area (Å²) >= 11 is 9.75. The van der Waals surface area contributed by atoms with Crippen LogP contribution < -0.4 is 10.1 Å². The van der Waals surface area contributed by atoms with Gasteiger partial charge in [0.05, 0.1) is 17.3 Å². The fourth-order valence-corrected chi connectivity index (χ4v) is 6.28.